The van der Waals surface area contributed by atoms with Gasteiger partial charge in [0.2, 0.25) is 11.3 Å². The Hall–Kier alpha value is -4.13. The van der Waals surface area contributed by atoms with Gasteiger partial charge in [0.15, 0.2) is 5.78 Å². The number of nitrogens with zero attached hydrogens (tertiary/aromatic N) is 2. The predicted molar refractivity (Wildman–Crippen MR) is 116 cm³/mol. The summed E-state index contributed by atoms with van der Waals surface area (Å²) in [5, 5.41) is 2.86. The average molecular weight is 415 g/mol. The molecule has 2 heterocycles. The summed E-state index contributed by atoms with van der Waals surface area (Å²) in [6, 6.07) is 17.3. The molecule has 0 aliphatic carbocycles. The monoisotopic (exact) mass is 415 g/mol. The molecule has 154 valence electrons. The van der Waals surface area contributed by atoms with Crippen molar-refractivity contribution < 1.29 is 14.0 Å². The largest absolute Gasteiger partial charge is 0.324 e. The van der Waals surface area contributed by atoms with Crippen LogP contribution >= 0.6 is 0 Å². The topological polar surface area (TPSA) is 81.1 Å². The van der Waals surface area contributed by atoms with Gasteiger partial charge in [-0.3, -0.25) is 14.4 Å². The van der Waals surface area contributed by atoms with Crippen LogP contribution in [-0.2, 0) is 11.3 Å². The van der Waals surface area contributed by atoms with Crippen LogP contribution < -0.4 is 10.7 Å². The minimum atomic E-state index is -0.473. The molecule has 4 rings (SSSR count). The second kappa shape index (κ2) is 8.31. The molecule has 0 bridgehead atoms. The number of hydrogen-bond donors (Lipinski definition) is 1. The molecule has 7 heteroatoms. The number of fused-ring (bicyclic) bond motifs is 1. The summed E-state index contributed by atoms with van der Waals surface area (Å²) in [5.74, 6) is -1.36. The van der Waals surface area contributed by atoms with Gasteiger partial charge in [-0.1, -0.05) is 36.4 Å². The lowest BCUT2D eigenvalue weighted by molar-refractivity contribution is -0.116. The van der Waals surface area contributed by atoms with Crippen LogP contribution in [0.3, 0.4) is 0 Å². The minimum absolute atomic E-state index is 0.0529. The second-order valence-corrected chi connectivity index (χ2v) is 7.08. The van der Waals surface area contributed by atoms with Crippen LogP contribution in [0.5, 0.6) is 0 Å². The number of halogens is 1. The van der Waals surface area contributed by atoms with E-state index in [-0.39, 0.29) is 17.5 Å². The number of nitrogens with one attached hydrogen (secondary N) is 1. The zero-order chi connectivity index (χ0) is 22.0. The Labute approximate surface area is 177 Å². The molecule has 0 saturated carbocycles. The molecule has 31 heavy (non-hydrogen) atoms. The van der Waals surface area contributed by atoms with Crippen LogP contribution in [0.25, 0.3) is 11.0 Å². The van der Waals surface area contributed by atoms with Crippen molar-refractivity contribution in [3.8, 4) is 0 Å². The number of benzene rings is 2. The standard InChI is InChI=1S/C24H18FN3O3/c1-15-10-11-19-23(31)20(22(30)16-6-3-2-4-7-16)13-28(24(19)26-15)14-21(29)27-18-9-5-8-17(25)12-18/h2-13H,14H2,1H3,(H,27,29). The Bertz CT molecular complexity index is 1360. The molecule has 0 saturated heterocycles. The molecule has 0 spiro atoms. The molecule has 6 nitrogen and oxygen atoms in total. The maximum absolute atomic E-state index is 13.4. The highest BCUT2D eigenvalue weighted by Crippen LogP contribution is 2.15. The van der Waals surface area contributed by atoms with Crippen molar-refractivity contribution in [1.82, 2.24) is 9.55 Å². The Balaban J connectivity index is 1.77. The molecule has 0 aliphatic heterocycles. The lowest BCUT2D eigenvalue weighted by Crippen LogP contribution is -2.25. The number of carbonyl (C=O) groups excluding carboxylic acids is 2. The Morgan fingerprint density at radius 1 is 1.03 bits per heavy atom. The molecule has 4 aromatic rings. The van der Waals surface area contributed by atoms with E-state index in [0.29, 0.717) is 22.6 Å². The first-order chi connectivity index (χ1) is 14.9. The number of anilines is 1. The molecule has 0 aliphatic rings. The van der Waals surface area contributed by atoms with E-state index in [1.807, 2.05) is 0 Å². The zero-order valence-corrected chi connectivity index (χ0v) is 16.6. The fraction of sp³-hybridized carbons (Fsp3) is 0.0833. The third-order valence-corrected chi connectivity index (χ3v) is 4.76. The van der Waals surface area contributed by atoms with Crippen molar-refractivity contribution in [3.63, 3.8) is 0 Å². The fourth-order valence-corrected chi connectivity index (χ4v) is 3.31. The van der Waals surface area contributed by atoms with Gasteiger partial charge >= 0.3 is 0 Å². The smallest absolute Gasteiger partial charge is 0.244 e. The van der Waals surface area contributed by atoms with Gasteiger partial charge in [-0.05, 0) is 37.3 Å². The molecule has 0 atom stereocenters. The van der Waals surface area contributed by atoms with E-state index in [1.54, 1.807) is 55.5 Å². The molecular formula is C24H18FN3O3. The number of hydrogen-bond acceptors (Lipinski definition) is 4. The van der Waals surface area contributed by atoms with Crippen molar-refractivity contribution in [2.75, 3.05) is 5.32 Å². The molecule has 0 fully saturated rings. The van der Waals surface area contributed by atoms with Gasteiger partial charge in [-0.25, -0.2) is 9.37 Å². The van der Waals surface area contributed by atoms with Crippen molar-refractivity contribution in [1.29, 1.82) is 0 Å². The Kier molecular flexibility index (Phi) is 5.41. The molecular weight excluding hydrogens is 397 g/mol. The average Bonchev–Trinajstić information content (AvgIpc) is 2.75. The van der Waals surface area contributed by atoms with Crippen LogP contribution in [0.1, 0.15) is 21.6 Å². The van der Waals surface area contributed by atoms with Crippen LogP contribution in [0.2, 0.25) is 0 Å². The van der Waals surface area contributed by atoms with Crippen molar-refractivity contribution in [3.05, 3.63) is 106 Å². The summed E-state index contributed by atoms with van der Waals surface area (Å²) in [6.45, 7) is 1.56. The molecule has 2 aromatic carbocycles. The maximum Gasteiger partial charge on any atom is 0.244 e. The SMILES string of the molecule is Cc1ccc2c(=O)c(C(=O)c3ccccc3)cn(CC(=O)Nc3cccc(F)c3)c2n1. The van der Waals surface area contributed by atoms with E-state index >= 15 is 0 Å². The normalized spacial score (nSPS) is 10.8. The third-order valence-electron chi connectivity index (χ3n) is 4.76. The summed E-state index contributed by atoms with van der Waals surface area (Å²) in [7, 11) is 0. The molecule has 1 amide bonds. The lowest BCUT2D eigenvalue weighted by Gasteiger charge is -2.13. The molecule has 0 unspecified atom stereocenters. The third kappa shape index (κ3) is 4.25. The highest BCUT2D eigenvalue weighted by molar-refractivity contribution is 6.10. The summed E-state index contributed by atoms with van der Waals surface area (Å²) >= 11 is 0. The molecule has 0 radical (unpaired) electrons. The number of ketones is 1. The van der Waals surface area contributed by atoms with Crippen LogP contribution in [0, 0.1) is 12.7 Å². The first-order valence-corrected chi connectivity index (χ1v) is 9.58. The van der Waals surface area contributed by atoms with Gasteiger partial charge in [0.25, 0.3) is 0 Å². The van der Waals surface area contributed by atoms with E-state index in [1.165, 1.54) is 29.0 Å². The van der Waals surface area contributed by atoms with Crippen LogP contribution in [0.15, 0.2) is 77.7 Å². The van der Waals surface area contributed by atoms with Gasteiger partial charge < -0.3 is 9.88 Å². The lowest BCUT2D eigenvalue weighted by atomic mass is 10.0. The quantitative estimate of drug-likeness (QED) is 0.504. The highest BCUT2D eigenvalue weighted by atomic mass is 19.1. The van der Waals surface area contributed by atoms with E-state index in [0.717, 1.165) is 0 Å². The van der Waals surface area contributed by atoms with Crippen molar-refractivity contribution in [2.45, 2.75) is 13.5 Å². The van der Waals surface area contributed by atoms with Gasteiger partial charge in [-0.2, -0.15) is 0 Å². The molecule has 1 N–H and O–H groups in total. The zero-order valence-electron chi connectivity index (χ0n) is 16.6. The summed E-state index contributed by atoms with van der Waals surface area (Å²) in [5.41, 5.74) is 1.13. The first kappa shape index (κ1) is 20.2. The van der Waals surface area contributed by atoms with E-state index in [4.69, 9.17) is 0 Å². The number of carbonyl (C=O) groups is 2. The van der Waals surface area contributed by atoms with Crippen LogP contribution in [-0.4, -0.2) is 21.2 Å². The summed E-state index contributed by atoms with van der Waals surface area (Å²) < 4.78 is 14.9. The number of rotatable bonds is 5. The van der Waals surface area contributed by atoms with E-state index < -0.39 is 22.9 Å². The van der Waals surface area contributed by atoms with Gasteiger partial charge in [0.1, 0.15) is 18.0 Å². The Morgan fingerprint density at radius 2 is 1.81 bits per heavy atom. The number of aromatic nitrogens is 2. The second-order valence-electron chi connectivity index (χ2n) is 7.08. The van der Waals surface area contributed by atoms with Gasteiger partial charge in [0, 0.05) is 23.1 Å². The summed E-state index contributed by atoms with van der Waals surface area (Å²) in [6.07, 6.45) is 1.36. The summed E-state index contributed by atoms with van der Waals surface area (Å²) in [4.78, 5) is 43.0. The number of pyridine rings is 2. The van der Waals surface area contributed by atoms with Crippen LogP contribution in [0.4, 0.5) is 10.1 Å². The first-order valence-electron chi connectivity index (χ1n) is 9.58. The van der Waals surface area contributed by atoms with Gasteiger partial charge in [0.05, 0.1) is 10.9 Å². The number of amides is 1. The molecule has 2 aromatic heterocycles. The minimum Gasteiger partial charge on any atom is -0.324 e. The predicted octanol–water partition coefficient (Wildman–Crippen LogP) is 3.71. The van der Waals surface area contributed by atoms with Crippen molar-refractivity contribution >= 4 is 28.4 Å². The maximum atomic E-state index is 13.4. The fourth-order valence-electron chi connectivity index (χ4n) is 3.31. The van der Waals surface area contributed by atoms with E-state index in [2.05, 4.69) is 10.3 Å². The Morgan fingerprint density at radius 3 is 2.55 bits per heavy atom. The van der Waals surface area contributed by atoms with E-state index in [9.17, 15) is 18.8 Å². The highest BCUT2D eigenvalue weighted by Gasteiger charge is 2.19. The van der Waals surface area contributed by atoms with Crippen molar-refractivity contribution in [2.24, 2.45) is 0 Å². The number of aryl methyl sites for hydroxylation is 1. The van der Waals surface area contributed by atoms with Gasteiger partial charge in [-0.15, -0.1) is 0 Å².